The molecule has 2 heterocycles. The van der Waals surface area contributed by atoms with Gasteiger partial charge in [-0.15, -0.1) is 0 Å². The highest BCUT2D eigenvalue weighted by molar-refractivity contribution is 6.35. The highest BCUT2D eigenvalue weighted by Crippen LogP contribution is 2.37. The largest absolute Gasteiger partial charge is 0.371 e. The molecule has 0 saturated carbocycles. The third kappa shape index (κ3) is 5.64. The van der Waals surface area contributed by atoms with Crippen molar-refractivity contribution in [3.63, 3.8) is 0 Å². The Morgan fingerprint density at radius 3 is 2.26 bits per heavy atom. The molecule has 1 aliphatic carbocycles. The van der Waals surface area contributed by atoms with Crippen LogP contribution >= 0.6 is 23.2 Å². The number of hydrogen-bond donors (Lipinski definition) is 0. The van der Waals surface area contributed by atoms with E-state index in [1.807, 2.05) is 44.0 Å². The van der Waals surface area contributed by atoms with Crippen molar-refractivity contribution in [2.45, 2.75) is 51.6 Å². The van der Waals surface area contributed by atoms with Crippen molar-refractivity contribution in [1.29, 1.82) is 0 Å². The molecule has 1 aromatic heterocycles. The molecule has 2 aliphatic rings. The van der Waals surface area contributed by atoms with Crippen LogP contribution in [0.3, 0.4) is 0 Å². The van der Waals surface area contributed by atoms with Gasteiger partial charge < -0.3 is 14.7 Å². The molecule has 8 heteroatoms. The maximum atomic E-state index is 13.6. The van der Waals surface area contributed by atoms with E-state index in [0.29, 0.717) is 21.2 Å². The van der Waals surface area contributed by atoms with Crippen LogP contribution in [0.25, 0.3) is 0 Å². The maximum absolute atomic E-state index is 13.6. The lowest BCUT2D eigenvalue weighted by Crippen LogP contribution is -2.45. The first-order chi connectivity index (χ1) is 18.6. The molecule has 1 atom stereocenters. The molecular weight excluding hydrogens is 531 g/mol. The zero-order valence-electron chi connectivity index (χ0n) is 22.9. The van der Waals surface area contributed by atoms with Crippen molar-refractivity contribution in [1.82, 2.24) is 14.8 Å². The zero-order valence-corrected chi connectivity index (χ0v) is 24.4. The summed E-state index contributed by atoms with van der Waals surface area (Å²) in [4.78, 5) is 37.4. The van der Waals surface area contributed by atoms with Gasteiger partial charge in [0.1, 0.15) is 0 Å². The van der Waals surface area contributed by atoms with E-state index in [-0.39, 0.29) is 23.9 Å². The highest BCUT2D eigenvalue weighted by Gasteiger charge is 2.32. The Labute approximate surface area is 240 Å². The molecule has 2 aromatic carbocycles. The van der Waals surface area contributed by atoms with Crippen LogP contribution in [0.4, 0.5) is 5.69 Å². The minimum Gasteiger partial charge on any atom is -0.371 e. The van der Waals surface area contributed by atoms with E-state index in [1.165, 1.54) is 11.3 Å². The molecule has 204 valence electrons. The smallest absolute Gasteiger partial charge is 0.255 e. The number of piperidine rings is 1. The SMILES string of the molecule is Cc1cc(N2CCC(N(C)C(=O)c3ccc4c(c3)C(N(C)C(=O)c3cc(Cl)ccc3Cl)CC4)CC2)cc(C)n1. The Kier molecular flexibility index (Phi) is 7.88. The Morgan fingerprint density at radius 2 is 1.56 bits per heavy atom. The Balaban J connectivity index is 1.28. The predicted molar refractivity (Wildman–Crippen MR) is 157 cm³/mol. The molecule has 2 amide bonds. The van der Waals surface area contributed by atoms with Crippen LogP contribution in [-0.4, -0.2) is 59.8 Å². The van der Waals surface area contributed by atoms with Crippen molar-refractivity contribution in [3.8, 4) is 0 Å². The fraction of sp³-hybridized carbons (Fsp3) is 0.387. The second-order valence-corrected chi connectivity index (χ2v) is 11.6. The van der Waals surface area contributed by atoms with Crippen LogP contribution in [0.2, 0.25) is 10.0 Å². The normalized spacial score (nSPS) is 17.2. The number of benzene rings is 2. The summed E-state index contributed by atoms with van der Waals surface area (Å²) in [6.45, 7) is 5.85. The first kappa shape index (κ1) is 27.5. The molecular formula is C31H34Cl2N4O2. The number of fused-ring (bicyclic) bond motifs is 1. The van der Waals surface area contributed by atoms with Crippen molar-refractivity contribution < 1.29 is 9.59 Å². The third-order valence-corrected chi connectivity index (χ3v) is 8.71. The van der Waals surface area contributed by atoms with Crippen molar-refractivity contribution in [2.24, 2.45) is 0 Å². The van der Waals surface area contributed by atoms with Gasteiger partial charge in [0.2, 0.25) is 0 Å². The van der Waals surface area contributed by atoms with Gasteiger partial charge in [-0.1, -0.05) is 29.3 Å². The van der Waals surface area contributed by atoms with Gasteiger partial charge in [-0.3, -0.25) is 14.6 Å². The molecule has 1 aliphatic heterocycles. The van der Waals surface area contributed by atoms with Crippen LogP contribution in [0, 0.1) is 13.8 Å². The summed E-state index contributed by atoms with van der Waals surface area (Å²) in [6, 6.07) is 15.2. The number of carbonyl (C=O) groups excluding carboxylic acids is 2. The van der Waals surface area contributed by atoms with Gasteiger partial charge in [0.05, 0.1) is 16.6 Å². The fourth-order valence-corrected chi connectivity index (χ4v) is 6.36. The fourth-order valence-electron chi connectivity index (χ4n) is 5.98. The molecule has 1 fully saturated rings. The number of nitrogens with zero attached hydrogens (tertiary/aromatic N) is 4. The van der Waals surface area contributed by atoms with Gasteiger partial charge in [0.25, 0.3) is 11.8 Å². The molecule has 1 unspecified atom stereocenters. The molecule has 0 spiro atoms. The summed E-state index contributed by atoms with van der Waals surface area (Å²) in [5.74, 6) is -0.162. The number of halogens is 2. The molecule has 39 heavy (non-hydrogen) atoms. The summed E-state index contributed by atoms with van der Waals surface area (Å²) in [6.07, 6.45) is 3.48. The minimum atomic E-state index is -0.180. The number of amides is 2. The van der Waals surface area contributed by atoms with Crippen LogP contribution in [0.1, 0.15) is 68.5 Å². The van der Waals surface area contributed by atoms with E-state index in [0.717, 1.165) is 55.7 Å². The number of rotatable bonds is 5. The summed E-state index contributed by atoms with van der Waals surface area (Å²) < 4.78 is 0. The van der Waals surface area contributed by atoms with E-state index in [4.69, 9.17) is 23.2 Å². The average Bonchev–Trinajstić information content (AvgIpc) is 3.35. The van der Waals surface area contributed by atoms with Gasteiger partial charge in [-0.25, -0.2) is 0 Å². The monoisotopic (exact) mass is 564 g/mol. The van der Waals surface area contributed by atoms with E-state index < -0.39 is 0 Å². The molecule has 3 aromatic rings. The maximum Gasteiger partial charge on any atom is 0.255 e. The second kappa shape index (κ2) is 11.2. The predicted octanol–water partition coefficient (Wildman–Crippen LogP) is 6.51. The highest BCUT2D eigenvalue weighted by atomic mass is 35.5. The van der Waals surface area contributed by atoms with Crippen LogP contribution in [-0.2, 0) is 6.42 Å². The minimum absolute atomic E-state index is 0.0179. The first-order valence-corrected chi connectivity index (χ1v) is 14.2. The van der Waals surface area contributed by atoms with Crippen molar-refractivity contribution in [2.75, 3.05) is 32.1 Å². The van der Waals surface area contributed by atoms with E-state index >= 15 is 0 Å². The van der Waals surface area contributed by atoms with Gasteiger partial charge >= 0.3 is 0 Å². The second-order valence-electron chi connectivity index (χ2n) is 10.8. The first-order valence-electron chi connectivity index (χ1n) is 13.4. The lowest BCUT2D eigenvalue weighted by atomic mass is 9.99. The van der Waals surface area contributed by atoms with Gasteiger partial charge in [0, 0.05) is 60.9 Å². The molecule has 0 radical (unpaired) electrons. The Hall–Kier alpha value is -3.09. The number of anilines is 1. The number of aryl methyl sites for hydroxylation is 3. The number of carbonyl (C=O) groups is 2. The number of aromatic nitrogens is 1. The van der Waals surface area contributed by atoms with Gasteiger partial charge in [-0.05, 0) is 93.1 Å². The molecule has 0 N–H and O–H groups in total. The van der Waals surface area contributed by atoms with E-state index in [9.17, 15) is 9.59 Å². The quantitative estimate of drug-likeness (QED) is 0.354. The van der Waals surface area contributed by atoms with E-state index in [1.54, 1.807) is 30.1 Å². The molecule has 6 nitrogen and oxygen atoms in total. The third-order valence-electron chi connectivity index (χ3n) is 8.15. The van der Waals surface area contributed by atoms with E-state index in [2.05, 4.69) is 22.0 Å². The van der Waals surface area contributed by atoms with Gasteiger partial charge in [-0.2, -0.15) is 0 Å². The number of hydrogen-bond acceptors (Lipinski definition) is 4. The van der Waals surface area contributed by atoms with Crippen molar-refractivity contribution >= 4 is 40.7 Å². The van der Waals surface area contributed by atoms with Crippen molar-refractivity contribution in [3.05, 3.63) is 92.2 Å². The molecule has 1 saturated heterocycles. The summed E-state index contributed by atoms with van der Waals surface area (Å²) in [5, 5.41) is 0.844. The summed E-state index contributed by atoms with van der Waals surface area (Å²) >= 11 is 12.4. The summed E-state index contributed by atoms with van der Waals surface area (Å²) in [7, 11) is 3.70. The summed E-state index contributed by atoms with van der Waals surface area (Å²) in [5.41, 5.74) is 6.50. The number of pyridine rings is 1. The zero-order chi connectivity index (χ0) is 27.8. The van der Waals surface area contributed by atoms with Crippen LogP contribution < -0.4 is 4.90 Å². The topological polar surface area (TPSA) is 56.8 Å². The lowest BCUT2D eigenvalue weighted by molar-refractivity contribution is 0.0709. The van der Waals surface area contributed by atoms with Crippen LogP contribution in [0.15, 0.2) is 48.5 Å². The van der Waals surface area contributed by atoms with Crippen LogP contribution in [0.5, 0.6) is 0 Å². The Morgan fingerprint density at radius 1 is 0.872 bits per heavy atom. The molecule has 0 bridgehead atoms. The standard InChI is InChI=1S/C31H34Cl2N4O2/c1-19-15-25(16-20(2)34-19)37-13-11-24(12-14-37)35(3)30(38)22-6-5-21-7-10-29(26(21)17-22)36(4)31(39)27-18-23(32)8-9-28(27)33/h5-6,8-9,15-18,24,29H,7,10-14H2,1-4H3. The van der Waals surface area contributed by atoms with Gasteiger partial charge in [0.15, 0.2) is 0 Å². The average molecular weight is 566 g/mol. The Bertz CT molecular complexity index is 1400. The lowest BCUT2D eigenvalue weighted by Gasteiger charge is -2.38. The molecule has 5 rings (SSSR count).